The highest BCUT2D eigenvalue weighted by atomic mass is 16.2. The van der Waals surface area contributed by atoms with E-state index in [9.17, 15) is 14.4 Å². The second-order valence-electron chi connectivity index (χ2n) is 7.01. The number of benzene rings is 1. The summed E-state index contributed by atoms with van der Waals surface area (Å²) in [6, 6.07) is 7.37. The van der Waals surface area contributed by atoms with Gasteiger partial charge in [0, 0.05) is 25.2 Å². The minimum Gasteiger partial charge on any atom is -0.342 e. The first kappa shape index (κ1) is 17.3. The summed E-state index contributed by atoms with van der Waals surface area (Å²) in [6.07, 6.45) is 1.99. The van der Waals surface area contributed by atoms with Crippen LogP contribution >= 0.6 is 0 Å². The number of aryl methyl sites for hydroxylation is 1. The van der Waals surface area contributed by atoms with Crippen LogP contribution in [-0.2, 0) is 9.59 Å². The second-order valence-corrected chi connectivity index (χ2v) is 7.01. The van der Waals surface area contributed by atoms with Gasteiger partial charge in [0.05, 0.1) is 11.5 Å². The maximum Gasteiger partial charge on any atom is 0.258 e. The van der Waals surface area contributed by atoms with E-state index in [1.807, 2.05) is 30.0 Å². The van der Waals surface area contributed by atoms with E-state index < -0.39 is 11.8 Å². The van der Waals surface area contributed by atoms with Crippen molar-refractivity contribution in [1.82, 2.24) is 9.97 Å². The minimum absolute atomic E-state index is 0.0849. The number of hydrogen-bond acceptors (Lipinski definition) is 5. The van der Waals surface area contributed by atoms with Gasteiger partial charge in [0.1, 0.15) is 5.82 Å². The summed E-state index contributed by atoms with van der Waals surface area (Å²) in [5.41, 5.74) is 1.46. The Balaban J connectivity index is 1.66. The van der Waals surface area contributed by atoms with Crippen LogP contribution in [0.1, 0.15) is 36.3 Å². The van der Waals surface area contributed by atoms with Crippen LogP contribution in [0.25, 0.3) is 0 Å². The van der Waals surface area contributed by atoms with Crippen LogP contribution in [0, 0.1) is 6.92 Å². The van der Waals surface area contributed by atoms with Gasteiger partial charge < -0.3 is 15.5 Å². The van der Waals surface area contributed by atoms with Crippen LogP contribution in [0.4, 0.5) is 17.5 Å². The maximum absolute atomic E-state index is 12.8. The summed E-state index contributed by atoms with van der Waals surface area (Å²) in [6.45, 7) is 3.55. The van der Waals surface area contributed by atoms with Crippen LogP contribution < -0.4 is 21.1 Å². The molecule has 1 aromatic carbocycles. The number of carbonyl (C=O) groups excluding carboxylic acids is 2. The molecular weight excluding hydrogens is 346 g/mol. The number of rotatable bonds is 3. The average Bonchev–Trinajstić information content (AvgIpc) is 3.15. The molecule has 1 atom stereocenters. The van der Waals surface area contributed by atoms with E-state index in [1.165, 1.54) is 0 Å². The molecule has 0 bridgehead atoms. The fourth-order valence-corrected chi connectivity index (χ4v) is 3.61. The number of aromatic nitrogens is 2. The number of H-pyrrole nitrogens is 1. The molecule has 3 N–H and O–H groups in total. The lowest BCUT2D eigenvalue weighted by Gasteiger charge is -2.25. The molecule has 2 aliphatic rings. The summed E-state index contributed by atoms with van der Waals surface area (Å²) in [4.78, 5) is 46.8. The highest BCUT2D eigenvalue weighted by Gasteiger charge is 2.35. The summed E-state index contributed by atoms with van der Waals surface area (Å²) >= 11 is 0. The first-order valence-corrected chi connectivity index (χ1v) is 9.08. The standard InChI is InChI=1S/C19H21N5O3/c1-11-5-4-6-12(9-11)20-17(26)13-10-14(25)21-16-15(13)18(27)23-19(22-16)24-7-2-3-8-24/h4-6,9,13H,2-3,7-8,10H2,1H3,(H,20,26)(H2,21,22,23,25,27). The van der Waals surface area contributed by atoms with Crippen LogP contribution in [0.3, 0.4) is 0 Å². The molecule has 27 heavy (non-hydrogen) atoms. The van der Waals surface area contributed by atoms with Gasteiger partial charge in [-0.1, -0.05) is 12.1 Å². The molecule has 140 valence electrons. The van der Waals surface area contributed by atoms with Crippen molar-refractivity contribution in [2.24, 2.45) is 0 Å². The van der Waals surface area contributed by atoms with E-state index in [4.69, 9.17) is 0 Å². The molecule has 1 aromatic heterocycles. The lowest BCUT2D eigenvalue weighted by atomic mass is 9.92. The normalized spacial score (nSPS) is 18.8. The van der Waals surface area contributed by atoms with E-state index in [0.717, 1.165) is 31.5 Å². The van der Waals surface area contributed by atoms with E-state index in [2.05, 4.69) is 20.6 Å². The number of anilines is 3. The molecule has 1 unspecified atom stereocenters. The molecule has 2 aromatic rings. The summed E-state index contributed by atoms with van der Waals surface area (Å²) in [7, 11) is 0. The summed E-state index contributed by atoms with van der Waals surface area (Å²) in [5.74, 6) is -0.967. The molecule has 2 aliphatic heterocycles. The zero-order valence-corrected chi connectivity index (χ0v) is 15.0. The van der Waals surface area contributed by atoms with Gasteiger partial charge >= 0.3 is 0 Å². The van der Waals surface area contributed by atoms with Crippen molar-refractivity contribution in [3.63, 3.8) is 0 Å². The zero-order valence-electron chi connectivity index (χ0n) is 15.0. The van der Waals surface area contributed by atoms with Gasteiger partial charge in [-0.25, -0.2) is 0 Å². The van der Waals surface area contributed by atoms with Gasteiger partial charge in [-0.05, 0) is 37.5 Å². The fourth-order valence-electron chi connectivity index (χ4n) is 3.61. The topological polar surface area (TPSA) is 107 Å². The third-order valence-electron chi connectivity index (χ3n) is 4.95. The van der Waals surface area contributed by atoms with Gasteiger partial charge in [0.15, 0.2) is 0 Å². The molecular formula is C19H21N5O3. The van der Waals surface area contributed by atoms with Gasteiger partial charge in [0.2, 0.25) is 17.8 Å². The molecule has 1 saturated heterocycles. The first-order chi connectivity index (χ1) is 13.0. The molecule has 1 fully saturated rings. The van der Waals surface area contributed by atoms with E-state index >= 15 is 0 Å². The number of aromatic amines is 1. The Morgan fingerprint density at radius 3 is 2.78 bits per heavy atom. The molecule has 4 rings (SSSR count). The Morgan fingerprint density at radius 1 is 1.26 bits per heavy atom. The minimum atomic E-state index is -0.877. The molecule has 3 heterocycles. The quantitative estimate of drug-likeness (QED) is 0.766. The predicted molar refractivity (Wildman–Crippen MR) is 102 cm³/mol. The molecule has 8 nitrogen and oxygen atoms in total. The number of nitrogens with zero attached hydrogens (tertiary/aromatic N) is 2. The second kappa shape index (κ2) is 6.86. The highest BCUT2D eigenvalue weighted by Crippen LogP contribution is 2.30. The number of fused-ring (bicyclic) bond motifs is 1. The third kappa shape index (κ3) is 3.42. The molecule has 0 radical (unpaired) electrons. The Bertz CT molecular complexity index is 962. The monoisotopic (exact) mass is 367 g/mol. The Morgan fingerprint density at radius 2 is 2.04 bits per heavy atom. The van der Waals surface area contributed by atoms with E-state index in [1.54, 1.807) is 6.07 Å². The third-order valence-corrected chi connectivity index (χ3v) is 4.95. The van der Waals surface area contributed by atoms with Crippen LogP contribution in [0.2, 0.25) is 0 Å². The molecule has 0 aliphatic carbocycles. The van der Waals surface area contributed by atoms with Crippen molar-refractivity contribution in [1.29, 1.82) is 0 Å². The van der Waals surface area contributed by atoms with Crippen LogP contribution in [0.5, 0.6) is 0 Å². The van der Waals surface area contributed by atoms with Crippen molar-refractivity contribution in [3.8, 4) is 0 Å². The predicted octanol–water partition coefficient (Wildman–Crippen LogP) is 1.74. The van der Waals surface area contributed by atoms with Gasteiger partial charge in [-0.2, -0.15) is 4.98 Å². The van der Waals surface area contributed by atoms with E-state index in [-0.39, 0.29) is 29.3 Å². The van der Waals surface area contributed by atoms with E-state index in [0.29, 0.717) is 11.6 Å². The number of amides is 2. The zero-order chi connectivity index (χ0) is 19.0. The Labute approximate surface area is 156 Å². The van der Waals surface area contributed by atoms with Crippen molar-refractivity contribution in [3.05, 3.63) is 45.7 Å². The van der Waals surface area contributed by atoms with Crippen molar-refractivity contribution in [2.75, 3.05) is 28.6 Å². The highest BCUT2D eigenvalue weighted by molar-refractivity contribution is 6.04. The fraction of sp³-hybridized carbons (Fsp3) is 0.368. The Hall–Kier alpha value is -3.16. The molecule has 2 amide bonds. The number of carbonyl (C=O) groups is 2. The molecule has 8 heteroatoms. The summed E-state index contributed by atoms with van der Waals surface area (Å²) < 4.78 is 0. The smallest absolute Gasteiger partial charge is 0.258 e. The largest absolute Gasteiger partial charge is 0.342 e. The molecule has 0 saturated carbocycles. The van der Waals surface area contributed by atoms with Gasteiger partial charge in [-0.3, -0.25) is 19.4 Å². The van der Waals surface area contributed by atoms with Crippen molar-refractivity contribution in [2.45, 2.75) is 32.1 Å². The van der Waals surface area contributed by atoms with Crippen molar-refractivity contribution >= 4 is 29.3 Å². The summed E-state index contributed by atoms with van der Waals surface area (Å²) in [5, 5.41) is 5.45. The van der Waals surface area contributed by atoms with Gasteiger partial charge in [-0.15, -0.1) is 0 Å². The number of nitrogens with one attached hydrogen (secondary N) is 3. The average molecular weight is 367 g/mol. The van der Waals surface area contributed by atoms with Crippen LogP contribution in [0.15, 0.2) is 29.1 Å². The van der Waals surface area contributed by atoms with Crippen LogP contribution in [-0.4, -0.2) is 34.9 Å². The lowest BCUT2D eigenvalue weighted by Crippen LogP contribution is -2.37. The van der Waals surface area contributed by atoms with Crippen molar-refractivity contribution < 1.29 is 9.59 Å². The SMILES string of the molecule is Cc1cccc(NC(=O)C2CC(=O)Nc3nc(N4CCCC4)[nH]c(=O)c32)c1. The lowest BCUT2D eigenvalue weighted by molar-refractivity contribution is -0.123. The molecule has 0 spiro atoms. The number of hydrogen-bond donors (Lipinski definition) is 3. The Kier molecular flexibility index (Phi) is 4.39. The maximum atomic E-state index is 12.8. The van der Waals surface area contributed by atoms with Gasteiger partial charge in [0.25, 0.3) is 5.56 Å². The first-order valence-electron chi connectivity index (χ1n) is 9.08.